The first-order chi connectivity index (χ1) is 4.47. The summed E-state index contributed by atoms with van der Waals surface area (Å²) in [5, 5.41) is 2.62. The van der Waals surface area contributed by atoms with E-state index in [1.54, 1.807) is 0 Å². The number of nitrogens with one attached hydrogen (secondary N) is 1. The molecule has 1 amide bonds. The minimum atomic E-state index is -0.0595. The molecule has 0 aromatic carbocycles. The fourth-order valence-electron chi connectivity index (χ4n) is 0.606. The van der Waals surface area contributed by atoms with Crippen molar-refractivity contribution in [2.75, 3.05) is 0 Å². The minimum Gasteiger partial charge on any atom is -0.307 e. The number of amidine groups is 1. The Kier molecular flexibility index (Phi) is 1.78. The highest BCUT2D eigenvalue weighted by Gasteiger charge is 2.22. The zero-order valence-corrected chi connectivity index (χ0v) is 7.36. The van der Waals surface area contributed by atoms with Crippen LogP contribution in [0.1, 0.15) is 20.8 Å². The molecule has 0 bridgehead atoms. The summed E-state index contributed by atoms with van der Waals surface area (Å²) in [6, 6.07) is 0. The molecule has 10 heavy (non-hydrogen) atoms. The Hall–Kier alpha value is -0.430. The number of aliphatic imine (C=N–C) groups is 1. The molecule has 0 aromatic heterocycles. The quantitative estimate of drug-likeness (QED) is 0.534. The molecule has 1 fully saturated rings. The van der Waals surface area contributed by atoms with Gasteiger partial charge in [-0.2, -0.15) is 0 Å². The zero-order chi connectivity index (χ0) is 7.78. The van der Waals surface area contributed by atoms with Crippen molar-refractivity contribution in [1.82, 2.24) is 5.32 Å². The van der Waals surface area contributed by atoms with Gasteiger partial charge in [0, 0.05) is 8.58 Å². The molecule has 1 atom stereocenters. The molecule has 0 aliphatic carbocycles. The molecule has 0 aromatic rings. The maximum absolute atomic E-state index is 10.4. The summed E-state index contributed by atoms with van der Waals surface area (Å²) in [4.78, 5) is 14.7. The molecule has 56 valence electrons. The second-order valence-electron chi connectivity index (χ2n) is 3.21. The number of carbonyl (C=O) groups excluding carboxylic acids is 1. The van der Waals surface area contributed by atoms with Gasteiger partial charge in [-0.15, -0.1) is 0 Å². The molecule has 0 radical (unpaired) electrons. The largest absolute Gasteiger partial charge is 0.307 e. The molecule has 4 heteroatoms. The van der Waals surface area contributed by atoms with E-state index in [-0.39, 0.29) is 19.8 Å². The van der Waals surface area contributed by atoms with E-state index < -0.39 is 0 Å². The highest BCUT2D eigenvalue weighted by molar-refractivity contribution is 7.78. The number of amides is 1. The summed E-state index contributed by atoms with van der Waals surface area (Å²) in [6.45, 7) is 6.03. The lowest BCUT2D eigenvalue weighted by Gasteiger charge is -2.21. The summed E-state index contributed by atoms with van der Waals surface area (Å²) in [7, 11) is 0.259. The fraction of sp³-hybridized carbons (Fsp3) is 0.667. The molecule has 1 rings (SSSR count). The lowest BCUT2D eigenvalue weighted by Crippen LogP contribution is -2.36. The van der Waals surface area contributed by atoms with Crippen molar-refractivity contribution in [3.63, 3.8) is 0 Å². The van der Waals surface area contributed by atoms with Gasteiger partial charge in [0.15, 0.2) is 0 Å². The van der Waals surface area contributed by atoms with Crippen LogP contribution < -0.4 is 5.32 Å². The third-order valence-electron chi connectivity index (χ3n) is 0.911. The van der Waals surface area contributed by atoms with Crippen LogP contribution in [0.5, 0.6) is 0 Å². The first-order valence-corrected chi connectivity index (χ1v) is 4.15. The van der Waals surface area contributed by atoms with Crippen molar-refractivity contribution >= 4 is 19.8 Å². The molecule has 1 N–H and O–H groups in total. The van der Waals surface area contributed by atoms with E-state index in [1.807, 2.05) is 20.8 Å². The van der Waals surface area contributed by atoms with E-state index in [0.717, 1.165) is 5.58 Å². The number of hydrogen-bond acceptors (Lipinski definition) is 2. The highest BCUT2D eigenvalue weighted by Crippen LogP contribution is 2.24. The van der Waals surface area contributed by atoms with Crippen LogP contribution in [0, 0.1) is 0 Å². The van der Waals surface area contributed by atoms with Crippen LogP contribution in [0.2, 0.25) is 0 Å². The Bertz CT molecular complexity index is 182. The van der Waals surface area contributed by atoms with E-state index in [0.29, 0.717) is 0 Å². The summed E-state index contributed by atoms with van der Waals surface area (Å²) < 4.78 is 0. The summed E-state index contributed by atoms with van der Waals surface area (Å²) >= 11 is 0. The van der Waals surface area contributed by atoms with E-state index in [2.05, 4.69) is 10.3 Å². The zero-order valence-electron chi connectivity index (χ0n) is 6.36. The predicted molar refractivity (Wildman–Crippen MR) is 44.0 cm³/mol. The van der Waals surface area contributed by atoms with Crippen LogP contribution in [-0.4, -0.2) is 16.8 Å². The topological polar surface area (TPSA) is 41.5 Å². The van der Waals surface area contributed by atoms with Crippen molar-refractivity contribution < 1.29 is 4.79 Å². The maximum atomic E-state index is 10.4. The van der Waals surface area contributed by atoms with Crippen LogP contribution in [0.25, 0.3) is 0 Å². The molecule has 1 aliphatic rings. The van der Waals surface area contributed by atoms with E-state index in [1.165, 1.54) is 0 Å². The molecule has 0 saturated carbocycles. The lowest BCUT2D eigenvalue weighted by molar-refractivity contribution is 0.263. The first-order valence-electron chi connectivity index (χ1n) is 3.15. The lowest BCUT2D eigenvalue weighted by atomic mass is 10.1. The maximum Gasteiger partial charge on any atom is 0.251 e. The van der Waals surface area contributed by atoms with Gasteiger partial charge in [0.25, 0.3) is 5.65 Å². The standard InChI is InChI=1S/C6H11N2OP/c1-6(2,3)8-4-7-5(9)10-4/h10H,1-3H3,(H,7,8,9). The second-order valence-corrected chi connectivity index (χ2v) is 4.39. The molecule has 1 unspecified atom stereocenters. The van der Waals surface area contributed by atoms with Crippen LogP contribution in [0.15, 0.2) is 4.99 Å². The third kappa shape index (κ3) is 2.07. The minimum absolute atomic E-state index is 0.0595. The highest BCUT2D eigenvalue weighted by atomic mass is 31.1. The predicted octanol–water partition coefficient (Wildman–Crippen LogP) is 1.54. The van der Waals surface area contributed by atoms with Crippen molar-refractivity contribution in [3.8, 4) is 0 Å². The van der Waals surface area contributed by atoms with Crippen LogP contribution in [0.4, 0.5) is 4.79 Å². The average molecular weight is 158 g/mol. The normalized spacial score (nSPS) is 24.7. The molecule has 0 spiro atoms. The van der Waals surface area contributed by atoms with Gasteiger partial charge < -0.3 is 5.32 Å². The number of carbonyl (C=O) groups is 1. The fourth-order valence-corrected chi connectivity index (χ4v) is 1.38. The van der Waals surface area contributed by atoms with Gasteiger partial charge in [0.1, 0.15) is 5.58 Å². The van der Waals surface area contributed by atoms with Crippen molar-refractivity contribution in [2.45, 2.75) is 26.3 Å². The Morgan fingerprint density at radius 2 is 2.00 bits per heavy atom. The van der Waals surface area contributed by atoms with Gasteiger partial charge >= 0.3 is 0 Å². The molecular formula is C6H11N2OP. The van der Waals surface area contributed by atoms with E-state index in [4.69, 9.17) is 0 Å². The van der Waals surface area contributed by atoms with Gasteiger partial charge in [-0.1, -0.05) is 0 Å². The molecule has 1 heterocycles. The monoisotopic (exact) mass is 158 g/mol. The summed E-state index contributed by atoms with van der Waals surface area (Å²) in [5.41, 5.74) is 0.885. The van der Waals surface area contributed by atoms with Crippen LogP contribution in [-0.2, 0) is 0 Å². The third-order valence-corrected chi connectivity index (χ3v) is 1.74. The molecule has 1 saturated heterocycles. The average Bonchev–Trinajstić information content (AvgIpc) is 1.57. The Labute approximate surface area is 62.1 Å². The second kappa shape index (κ2) is 2.31. The number of rotatable bonds is 0. The molecule has 3 nitrogen and oxygen atoms in total. The van der Waals surface area contributed by atoms with Gasteiger partial charge in [-0.3, -0.25) is 9.79 Å². The molecular weight excluding hydrogens is 147 g/mol. The van der Waals surface area contributed by atoms with Gasteiger partial charge in [-0.25, -0.2) is 0 Å². The van der Waals surface area contributed by atoms with Crippen LogP contribution in [0.3, 0.4) is 0 Å². The van der Waals surface area contributed by atoms with Crippen molar-refractivity contribution in [1.29, 1.82) is 0 Å². The van der Waals surface area contributed by atoms with E-state index in [9.17, 15) is 4.79 Å². The van der Waals surface area contributed by atoms with Crippen molar-refractivity contribution in [3.05, 3.63) is 0 Å². The first kappa shape index (κ1) is 7.67. The Morgan fingerprint density at radius 3 is 2.30 bits per heavy atom. The SMILES string of the molecule is CC(C)(C)N=C1NC(=O)P1. The van der Waals surface area contributed by atoms with E-state index >= 15 is 0 Å². The smallest absolute Gasteiger partial charge is 0.251 e. The number of hydrogen-bond donors (Lipinski definition) is 1. The Morgan fingerprint density at radius 1 is 1.50 bits per heavy atom. The van der Waals surface area contributed by atoms with Gasteiger partial charge in [0.05, 0.1) is 5.54 Å². The summed E-state index contributed by atoms with van der Waals surface area (Å²) in [5.74, 6) is 0. The Balaban J connectivity index is 2.51. The van der Waals surface area contributed by atoms with Crippen LogP contribution >= 0.6 is 8.58 Å². The number of nitrogens with zero attached hydrogens (tertiary/aromatic N) is 1. The summed E-state index contributed by atoms with van der Waals surface area (Å²) in [6.07, 6.45) is 0. The van der Waals surface area contributed by atoms with Crippen molar-refractivity contribution in [2.24, 2.45) is 4.99 Å². The van der Waals surface area contributed by atoms with Gasteiger partial charge in [-0.05, 0) is 20.8 Å². The molecule has 1 aliphatic heterocycles. The van der Waals surface area contributed by atoms with Gasteiger partial charge in [0.2, 0.25) is 0 Å².